The Bertz CT molecular complexity index is 709. The number of amides is 2. The van der Waals surface area contributed by atoms with Crippen LogP contribution in [0.3, 0.4) is 0 Å². The van der Waals surface area contributed by atoms with E-state index in [1.807, 2.05) is 24.3 Å². The fourth-order valence-electron chi connectivity index (χ4n) is 3.05. The van der Waals surface area contributed by atoms with E-state index in [4.69, 9.17) is 14.2 Å². The number of carbonyl (C=O) groups is 3. The van der Waals surface area contributed by atoms with Crippen LogP contribution in [0.5, 0.6) is 5.75 Å². The summed E-state index contributed by atoms with van der Waals surface area (Å²) in [4.78, 5) is 38.7. The zero-order valence-electron chi connectivity index (χ0n) is 16.5. The van der Waals surface area contributed by atoms with Crippen LogP contribution in [0.25, 0.3) is 0 Å². The molecule has 2 amide bonds. The van der Waals surface area contributed by atoms with Gasteiger partial charge in [0.1, 0.15) is 17.4 Å². The highest BCUT2D eigenvalue weighted by Gasteiger charge is 2.48. The van der Waals surface area contributed by atoms with Gasteiger partial charge in [0, 0.05) is 5.92 Å². The largest absolute Gasteiger partial charge is 0.497 e. The minimum Gasteiger partial charge on any atom is -0.497 e. The number of likely N-dealkylation sites (tertiary alicyclic amines) is 1. The standard InChI is InChI=1S/C20H27NO6/c1-6-26-18(23)16-12-14(10-13-8-7-9-15(11-13)25-5)17(22)21(16)19(24)27-20(2,3)4/h7-9,11,14,16H,6,10,12H2,1-5H3/t14-,16+/m0/s1. The van der Waals surface area contributed by atoms with Crippen LogP contribution in [0.4, 0.5) is 4.79 Å². The average molecular weight is 377 g/mol. The molecule has 0 N–H and O–H groups in total. The minimum absolute atomic E-state index is 0.173. The maximum Gasteiger partial charge on any atom is 0.417 e. The van der Waals surface area contributed by atoms with Crippen molar-refractivity contribution in [3.05, 3.63) is 29.8 Å². The van der Waals surface area contributed by atoms with Crippen molar-refractivity contribution < 1.29 is 28.6 Å². The molecule has 1 heterocycles. The Morgan fingerprint density at radius 2 is 1.96 bits per heavy atom. The number of methoxy groups -OCH3 is 1. The maximum absolute atomic E-state index is 12.9. The zero-order valence-corrected chi connectivity index (χ0v) is 16.5. The first-order valence-corrected chi connectivity index (χ1v) is 9.02. The van der Waals surface area contributed by atoms with Crippen molar-refractivity contribution in [1.29, 1.82) is 0 Å². The van der Waals surface area contributed by atoms with E-state index >= 15 is 0 Å². The summed E-state index contributed by atoms with van der Waals surface area (Å²) in [5, 5.41) is 0. The highest BCUT2D eigenvalue weighted by Crippen LogP contribution is 2.31. The van der Waals surface area contributed by atoms with E-state index in [0.29, 0.717) is 12.2 Å². The number of hydrogen-bond donors (Lipinski definition) is 0. The molecule has 27 heavy (non-hydrogen) atoms. The Kier molecular flexibility index (Phi) is 6.46. The van der Waals surface area contributed by atoms with Crippen molar-refractivity contribution in [2.75, 3.05) is 13.7 Å². The molecule has 0 unspecified atom stereocenters. The fourth-order valence-corrected chi connectivity index (χ4v) is 3.05. The average Bonchev–Trinajstić information content (AvgIpc) is 2.90. The lowest BCUT2D eigenvalue weighted by atomic mass is 9.96. The van der Waals surface area contributed by atoms with Crippen LogP contribution in [0.15, 0.2) is 24.3 Å². The molecule has 0 radical (unpaired) electrons. The van der Waals surface area contributed by atoms with Gasteiger partial charge in [-0.1, -0.05) is 12.1 Å². The first kappa shape index (κ1) is 20.7. The third-order valence-corrected chi connectivity index (χ3v) is 4.17. The van der Waals surface area contributed by atoms with Gasteiger partial charge in [0.15, 0.2) is 0 Å². The SMILES string of the molecule is CCOC(=O)[C@H]1C[C@H](Cc2cccc(OC)c2)C(=O)N1C(=O)OC(C)(C)C. The molecule has 1 aliphatic rings. The van der Waals surface area contributed by atoms with E-state index < -0.39 is 35.5 Å². The van der Waals surface area contributed by atoms with E-state index in [-0.39, 0.29) is 13.0 Å². The number of hydrogen-bond acceptors (Lipinski definition) is 6. The second kappa shape index (κ2) is 8.41. The van der Waals surface area contributed by atoms with Gasteiger partial charge in [-0.25, -0.2) is 14.5 Å². The van der Waals surface area contributed by atoms with Gasteiger partial charge in [0.2, 0.25) is 5.91 Å². The summed E-state index contributed by atoms with van der Waals surface area (Å²) in [5.41, 5.74) is 0.114. The maximum atomic E-state index is 12.9. The topological polar surface area (TPSA) is 82.1 Å². The summed E-state index contributed by atoms with van der Waals surface area (Å²) in [7, 11) is 1.57. The molecule has 0 aromatic heterocycles. The molecule has 7 nitrogen and oxygen atoms in total. The summed E-state index contributed by atoms with van der Waals surface area (Å²) in [6.07, 6.45) is -0.224. The second-order valence-corrected chi connectivity index (χ2v) is 7.44. The number of rotatable bonds is 5. The van der Waals surface area contributed by atoms with Crippen LogP contribution < -0.4 is 4.74 Å². The number of esters is 1. The molecular formula is C20H27NO6. The van der Waals surface area contributed by atoms with E-state index in [0.717, 1.165) is 10.5 Å². The summed E-state index contributed by atoms with van der Waals surface area (Å²) in [5.74, 6) is -0.849. The molecule has 0 saturated carbocycles. The lowest BCUT2D eigenvalue weighted by Gasteiger charge is -2.26. The van der Waals surface area contributed by atoms with E-state index in [2.05, 4.69) is 0 Å². The number of benzene rings is 1. The molecular weight excluding hydrogens is 350 g/mol. The van der Waals surface area contributed by atoms with Gasteiger partial charge in [0.05, 0.1) is 13.7 Å². The highest BCUT2D eigenvalue weighted by atomic mass is 16.6. The Labute approximate surface area is 159 Å². The van der Waals surface area contributed by atoms with Crippen molar-refractivity contribution in [1.82, 2.24) is 4.90 Å². The van der Waals surface area contributed by atoms with Crippen molar-refractivity contribution in [3.63, 3.8) is 0 Å². The summed E-state index contributed by atoms with van der Waals surface area (Å²) in [6.45, 7) is 6.97. The lowest BCUT2D eigenvalue weighted by molar-refractivity contribution is -0.151. The monoisotopic (exact) mass is 377 g/mol. The van der Waals surface area contributed by atoms with Crippen molar-refractivity contribution >= 4 is 18.0 Å². The zero-order chi connectivity index (χ0) is 20.2. The van der Waals surface area contributed by atoms with Gasteiger partial charge in [0.25, 0.3) is 0 Å². The van der Waals surface area contributed by atoms with Crippen molar-refractivity contribution in [2.24, 2.45) is 5.92 Å². The molecule has 0 aliphatic carbocycles. The molecule has 2 atom stereocenters. The third kappa shape index (κ3) is 5.21. The Hall–Kier alpha value is -2.57. The molecule has 0 bridgehead atoms. The highest BCUT2D eigenvalue weighted by molar-refractivity contribution is 6.00. The predicted octanol–water partition coefficient (Wildman–Crippen LogP) is 2.95. The summed E-state index contributed by atoms with van der Waals surface area (Å²) >= 11 is 0. The smallest absolute Gasteiger partial charge is 0.417 e. The lowest BCUT2D eigenvalue weighted by Crippen LogP contribution is -2.46. The molecule has 1 aliphatic heterocycles. The van der Waals surface area contributed by atoms with Crippen molar-refractivity contribution in [2.45, 2.75) is 52.2 Å². The number of carbonyl (C=O) groups excluding carboxylic acids is 3. The van der Waals surface area contributed by atoms with Gasteiger partial charge in [-0.05, 0) is 58.2 Å². The quantitative estimate of drug-likeness (QED) is 0.734. The molecule has 1 saturated heterocycles. The summed E-state index contributed by atoms with van der Waals surface area (Å²) in [6, 6.07) is 6.40. The normalized spacial score (nSPS) is 19.7. The van der Waals surface area contributed by atoms with E-state index in [1.165, 1.54) is 0 Å². The van der Waals surface area contributed by atoms with Gasteiger partial charge in [-0.3, -0.25) is 4.79 Å². The Morgan fingerprint density at radius 1 is 1.26 bits per heavy atom. The molecule has 1 aromatic carbocycles. The number of ether oxygens (including phenoxy) is 3. The number of nitrogens with zero attached hydrogens (tertiary/aromatic N) is 1. The molecule has 1 aromatic rings. The molecule has 1 fully saturated rings. The fraction of sp³-hybridized carbons (Fsp3) is 0.550. The molecule has 7 heteroatoms. The third-order valence-electron chi connectivity index (χ3n) is 4.17. The van der Waals surface area contributed by atoms with Gasteiger partial charge >= 0.3 is 12.1 Å². The summed E-state index contributed by atoms with van der Waals surface area (Å²) < 4.78 is 15.6. The second-order valence-electron chi connectivity index (χ2n) is 7.44. The van der Waals surface area contributed by atoms with Gasteiger partial charge in [-0.15, -0.1) is 0 Å². The van der Waals surface area contributed by atoms with Crippen LogP contribution in [0.2, 0.25) is 0 Å². The first-order chi connectivity index (χ1) is 12.7. The molecule has 2 rings (SSSR count). The van der Waals surface area contributed by atoms with E-state index in [9.17, 15) is 14.4 Å². The minimum atomic E-state index is -0.970. The van der Waals surface area contributed by atoms with Gasteiger partial charge in [-0.2, -0.15) is 0 Å². The van der Waals surface area contributed by atoms with Crippen LogP contribution in [0, 0.1) is 5.92 Å². The predicted molar refractivity (Wildman–Crippen MR) is 98.3 cm³/mol. The van der Waals surface area contributed by atoms with Crippen LogP contribution in [-0.2, 0) is 25.5 Å². The molecule has 148 valence electrons. The molecule has 0 spiro atoms. The van der Waals surface area contributed by atoms with Crippen LogP contribution in [-0.4, -0.2) is 48.2 Å². The van der Waals surface area contributed by atoms with Crippen molar-refractivity contribution in [3.8, 4) is 5.75 Å². The Morgan fingerprint density at radius 3 is 2.56 bits per heavy atom. The van der Waals surface area contributed by atoms with Crippen LogP contribution >= 0.6 is 0 Å². The number of imide groups is 1. The van der Waals surface area contributed by atoms with Gasteiger partial charge < -0.3 is 14.2 Å². The van der Waals surface area contributed by atoms with E-state index in [1.54, 1.807) is 34.8 Å². The Balaban J connectivity index is 2.24. The van der Waals surface area contributed by atoms with Crippen LogP contribution in [0.1, 0.15) is 39.7 Å². The first-order valence-electron chi connectivity index (χ1n) is 9.02.